The van der Waals surface area contributed by atoms with Crippen molar-refractivity contribution in [3.63, 3.8) is 0 Å². The molecule has 0 saturated heterocycles. The molecule has 140 valence electrons. The number of halogens is 2. The zero-order chi connectivity index (χ0) is 19.8. The van der Waals surface area contributed by atoms with Crippen molar-refractivity contribution in [2.45, 2.75) is 13.8 Å². The number of rotatable bonds is 3. The molecule has 0 aliphatic carbocycles. The van der Waals surface area contributed by atoms with Crippen LogP contribution in [-0.2, 0) is 0 Å². The number of carbonyl (C=O) groups excluding carboxylic acids is 1. The molecule has 0 radical (unpaired) electrons. The number of aryl methyl sites for hydroxylation is 1. The number of benzene rings is 3. The van der Waals surface area contributed by atoms with Gasteiger partial charge in [-0.05, 0) is 67.4 Å². The molecule has 0 aliphatic heterocycles. The zero-order valence-electron chi connectivity index (χ0n) is 15.2. The Hall–Kier alpha value is -2.82. The molecule has 0 unspecified atom stereocenters. The Morgan fingerprint density at radius 1 is 1.04 bits per heavy atom. The summed E-state index contributed by atoms with van der Waals surface area (Å²) in [5, 5.41) is 3.68. The maximum atomic E-state index is 12.6. The summed E-state index contributed by atoms with van der Waals surface area (Å²) in [6.45, 7) is 3.92. The number of hydrogen-bond donors (Lipinski definition) is 1. The average molecular weight is 411 g/mol. The molecule has 28 heavy (non-hydrogen) atoms. The highest BCUT2D eigenvalue weighted by Crippen LogP contribution is 2.31. The first kappa shape index (κ1) is 18.5. The van der Waals surface area contributed by atoms with Crippen molar-refractivity contribution >= 4 is 45.9 Å². The third kappa shape index (κ3) is 3.49. The second-order valence-electron chi connectivity index (χ2n) is 6.55. The Labute approximate surface area is 172 Å². The molecule has 0 saturated carbocycles. The average Bonchev–Trinajstić information content (AvgIpc) is 3.06. The Morgan fingerprint density at radius 2 is 1.86 bits per heavy atom. The minimum Gasteiger partial charge on any atom is -0.436 e. The SMILES string of the molecule is Cc1ccc2oc(-c3cccc(NC(=O)c4ccc(Cl)cc4Cl)c3C)nc2c1. The molecule has 3 aromatic carbocycles. The highest BCUT2D eigenvalue weighted by molar-refractivity contribution is 6.37. The number of carbonyl (C=O) groups is 1. The van der Waals surface area contributed by atoms with Crippen LogP contribution in [0.5, 0.6) is 0 Å². The van der Waals surface area contributed by atoms with Gasteiger partial charge in [0.05, 0.1) is 10.6 Å². The van der Waals surface area contributed by atoms with Gasteiger partial charge in [0.15, 0.2) is 5.58 Å². The summed E-state index contributed by atoms with van der Waals surface area (Å²) in [6.07, 6.45) is 0. The van der Waals surface area contributed by atoms with E-state index in [9.17, 15) is 4.79 Å². The summed E-state index contributed by atoms with van der Waals surface area (Å²) in [7, 11) is 0. The fraction of sp³-hybridized carbons (Fsp3) is 0.0909. The number of amides is 1. The van der Waals surface area contributed by atoms with E-state index in [-0.39, 0.29) is 5.91 Å². The van der Waals surface area contributed by atoms with Crippen molar-refractivity contribution in [2.24, 2.45) is 0 Å². The molecule has 0 aliphatic rings. The summed E-state index contributed by atoms with van der Waals surface area (Å²) in [4.78, 5) is 17.2. The van der Waals surface area contributed by atoms with Gasteiger partial charge >= 0.3 is 0 Å². The molecule has 0 bridgehead atoms. The highest BCUT2D eigenvalue weighted by Gasteiger charge is 2.16. The van der Waals surface area contributed by atoms with Crippen molar-refractivity contribution in [2.75, 3.05) is 5.32 Å². The number of fused-ring (bicyclic) bond motifs is 1. The molecule has 4 rings (SSSR count). The second kappa shape index (κ2) is 7.30. The van der Waals surface area contributed by atoms with E-state index in [1.165, 1.54) is 0 Å². The van der Waals surface area contributed by atoms with Crippen molar-refractivity contribution in [1.29, 1.82) is 0 Å². The van der Waals surface area contributed by atoms with E-state index in [0.717, 1.165) is 27.8 Å². The molecule has 1 N–H and O–H groups in total. The lowest BCUT2D eigenvalue weighted by Gasteiger charge is -2.11. The lowest BCUT2D eigenvalue weighted by molar-refractivity contribution is 0.102. The fourth-order valence-electron chi connectivity index (χ4n) is 3.02. The van der Waals surface area contributed by atoms with E-state index in [1.54, 1.807) is 18.2 Å². The molecular weight excluding hydrogens is 395 g/mol. The Balaban J connectivity index is 1.69. The number of aromatic nitrogens is 1. The van der Waals surface area contributed by atoms with Crippen molar-refractivity contribution in [3.05, 3.63) is 81.3 Å². The van der Waals surface area contributed by atoms with Crippen LogP contribution in [0, 0.1) is 13.8 Å². The van der Waals surface area contributed by atoms with Crippen LogP contribution in [0.1, 0.15) is 21.5 Å². The van der Waals surface area contributed by atoms with Gasteiger partial charge in [-0.3, -0.25) is 4.79 Å². The van der Waals surface area contributed by atoms with Crippen LogP contribution in [0.3, 0.4) is 0 Å². The van der Waals surface area contributed by atoms with Crippen LogP contribution in [0.4, 0.5) is 5.69 Å². The van der Waals surface area contributed by atoms with Gasteiger partial charge in [0.25, 0.3) is 5.91 Å². The fourth-order valence-corrected chi connectivity index (χ4v) is 3.51. The number of anilines is 1. The van der Waals surface area contributed by atoms with Crippen LogP contribution in [-0.4, -0.2) is 10.9 Å². The second-order valence-corrected chi connectivity index (χ2v) is 7.39. The topological polar surface area (TPSA) is 55.1 Å². The van der Waals surface area contributed by atoms with Gasteiger partial charge < -0.3 is 9.73 Å². The summed E-state index contributed by atoms with van der Waals surface area (Å²) < 4.78 is 5.91. The quantitative estimate of drug-likeness (QED) is 0.410. The standard InChI is InChI=1S/C22H16Cl2N2O2/c1-12-6-9-20-19(10-12)26-22(28-20)15-4-3-5-18(13(15)2)25-21(27)16-8-7-14(23)11-17(16)24/h3-11H,1-2H3,(H,25,27). The molecule has 0 fully saturated rings. The number of nitrogens with zero attached hydrogens (tertiary/aromatic N) is 1. The molecule has 1 amide bonds. The summed E-state index contributed by atoms with van der Waals surface area (Å²) in [5.74, 6) is 0.203. The maximum Gasteiger partial charge on any atom is 0.257 e. The third-order valence-electron chi connectivity index (χ3n) is 4.53. The van der Waals surface area contributed by atoms with Gasteiger partial charge in [-0.15, -0.1) is 0 Å². The monoisotopic (exact) mass is 410 g/mol. The summed E-state index contributed by atoms with van der Waals surface area (Å²) >= 11 is 12.1. The minimum atomic E-state index is -0.310. The van der Waals surface area contributed by atoms with Crippen molar-refractivity contribution < 1.29 is 9.21 Å². The van der Waals surface area contributed by atoms with Gasteiger partial charge in [-0.1, -0.05) is 35.3 Å². The third-order valence-corrected chi connectivity index (χ3v) is 5.08. The summed E-state index contributed by atoms with van der Waals surface area (Å²) in [5.41, 5.74) is 5.32. The molecule has 4 aromatic rings. The van der Waals surface area contributed by atoms with E-state index in [2.05, 4.69) is 10.3 Å². The van der Waals surface area contributed by atoms with E-state index in [4.69, 9.17) is 27.6 Å². The minimum absolute atomic E-state index is 0.299. The number of oxazole rings is 1. The molecule has 1 aromatic heterocycles. The predicted octanol–water partition coefficient (Wildman–Crippen LogP) is 6.67. The van der Waals surface area contributed by atoms with Crippen LogP contribution >= 0.6 is 23.2 Å². The van der Waals surface area contributed by atoms with Gasteiger partial charge in [0.1, 0.15) is 5.52 Å². The Kier molecular flexibility index (Phi) is 4.84. The molecule has 6 heteroatoms. The van der Waals surface area contributed by atoms with Crippen LogP contribution in [0.15, 0.2) is 59.0 Å². The molecule has 0 atom stereocenters. The molecular formula is C22H16Cl2N2O2. The van der Waals surface area contributed by atoms with E-state index >= 15 is 0 Å². The van der Waals surface area contributed by atoms with Crippen LogP contribution in [0.2, 0.25) is 10.0 Å². The van der Waals surface area contributed by atoms with Crippen LogP contribution in [0.25, 0.3) is 22.6 Å². The summed E-state index contributed by atoms with van der Waals surface area (Å²) in [6, 6.07) is 16.2. The molecule has 4 nitrogen and oxygen atoms in total. The highest BCUT2D eigenvalue weighted by atomic mass is 35.5. The lowest BCUT2D eigenvalue weighted by Crippen LogP contribution is -2.13. The van der Waals surface area contributed by atoms with Gasteiger partial charge in [-0.25, -0.2) is 4.98 Å². The number of nitrogens with one attached hydrogen (secondary N) is 1. The van der Waals surface area contributed by atoms with Gasteiger partial charge in [-0.2, -0.15) is 0 Å². The van der Waals surface area contributed by atoms with Gasteiger partial charge in [0.2, 0.25) is 5.89 Å². The maximum absolute atomic E-state index is 12.6. The van der Waals surface area contributed by atoms with Crippen molar-refractivity contribution in [3.8, 4) is 11.5 Å². The number of hydrogen-bond acceptors (Lipinski definition) is 3. The predicted molar refractivity (Wildman–Crippen MR) is 113 cm³/mol. The molecule has 1 heterocycles. The smallest absolute Gasteiger partial charge is 0.257 e. The zero-order valence-corrected chi connectivity index (χ0v) is 16.7. The first-order valence-electron chi connectivity index (χ1n) is 8.66. The van der Waals surface area contributed by atoms with E-state index < -0.39 is 0 Å². The van der Waals surface area contributed by atoms with E-state index in [0.29, 0.717) is 27.2 Å². The first-order chi connectivity index (χ1) is 13.4. The lowest BCUT2D eigenvalue weighted by atomic mass is 10.1. The molecule has 0 spiro atoms. The first-order valence-corrected chi connectivity index (χ1v) is 9.41. The largest absolute Gasteiger partial charge is 0.436 e. The van der Waals surface area contributed by atoms with E-state index in [1.807, 2.05) is 50.2 Å². The van der Waals surface area contributed by atoms with Gasteiger partial charge in [0, 0.05) is 16.3 Å². The van der Waals surface area contributed by atoms with Crippen LogP contribution < -0.4 is 5.32 Å². The normalized spacial score (nSPS) is 11.0. The Bertz CT molecular complexity index is 1210. The Morgan fingerprint density at radius 3 is 2.64 bits per heavy atom. The van der Waals surface area contributed by atoms with Crippen molar-refractivity contribution in [1.82, 2.24) is 4.98 Å².